The van der Waals surface area contributed by atoms with Crippen LogP contribution in [0, 0.1) is 0 Å². The lowest BCUT2D eigenvalue weighted by atomic mass is 10.2. The van der Waals surface area contributed by atoms with E-state index < -0.39 is 9.84 Å². The van der Waals surface area contributed by atoms with Crippen LogP contribution in [-0.2, 0) is 21.2 Å². The minimum Gasteiger partial charge on any atom is -0.336 e. The number of carbonyl (C=O) groups excluding carboxylic acids is 1. The van der Waals surface area contributed by atoms with Crippen LogP contribution >= 0.6 is 35.0 Å². The Bertz CT molecular complexity index is 798. The molecule has 0 radical (unpaired) electrons. The van der Waals surface area contributed by atoms with Crippen LogP contribution in [-0.4, -0.2) is 72.8 Å². The molecule has 5 nitrogen and oxygen atoms in total. The van der Waals surface area contributed by atoms with Gasteiger partial charge in [-0.2, -0.15) is 0 Å². The van der Waals surface area contributed by atoms with Gasteiger partial charge < -0.3 is 9.80 Å². The Morgan fingerprint density at radius 2 is 1.96 bits per heavy atom. The van der Waals surface area contributed by atoms with Crippen LogP contribution in [0.25, 0.3) is 0 Å². The summed E-state index contributed by atoms with van der Waals surface area (Å²) < 4.78 is 23.3. The number of hydrogen-bond donors (Lipinski definition) is 0. The largest absolute Gasteiger partial charge is 0.336 e. The van der Waals surface area contributed by atoms with Crippen LogP contribution < -0.4 is 0 Å². The number of hydrogen-bond acceptors (Lipinski definition) is 5. The molecule has 0 bridgehead atoms. The lowest BCUT2D eigenvalue weighted by Gasteiger charge is -2.26. The van der Waals surface area contributed by atoms with Crippen LogP contribution in [0.1, 0.15) is 24.8 Å². The summed E-state index contributed by atoms with van der Waals surface area (Å²) in [6.45, 7) is 4.16. The number of amides is 1. The first-order valence-electron chi connectivity index (χ1n) is 9.58. The van der Waals surface area contributed by atoms with Crippen molar-refractivity contribution in [1.82, 2.24) is 9.80 Å². The molecule has 28 heavy (non-hydrogen) atoms. The molecule has 2 aliphatic heterocycles. The second-order valence-electron chi connectivity index (χ2n) is 7.45. The minimum atomic E-state index is -2.92. The van der Waals surface area contributed by atoms with Crippen LogP contribution in [0.15, 0.2) is 18.2 Å². The lowest BCUT2D eigenvalue weighted by Crippen LogP contribution is -2.38. The number of benzene rings is 1. The Kier molecular flexibility index (Phi) is 7.96. The first kappa shape index (κ1) is 22.2. The van der Waals surface area contributed by atoms with Gasteiger partial charge in [-0.15, -0.1) is 11.8 Å². The van der Waals surface area contributed by atoms with Gasteiger partial charge in [0.25, 0.3) is 0 Å². The molecule has 1 unspecified atom stereocenters. The van der Waals surface area contributed by atoms with Crippen LogP contribution in [0.3, 0.4) is 0 Å². The molecule has 0 aromatic heterocycles. The third-order valence-electron chi connectivity index (χ3n) is 5.23. The molecule has 1 amide bonds. The van der Waals surface area contributed by atoms with Crippen molar-refractivity contribution in [3.05, 3.63) is 33.8 Å². The second kappa shape index (κ2) is 10.0. The molecule has 3 rings (SSSR count). The molecule has 2 fully saturated rings. The maximum absolute atomic E-state index is 12.9. The number of rotatable bonds is 8. The predicted molar refractivity (Wildman–Crippen MR) is 117 cm³/mol. The molecule has 0 aliphatic carbocycles. The average Bonchev–Trinajstić information content (AvgIpc) is 3.28. The molecule has 0 N–H and O–H groups in total. The van der Waals surface area contributed by atoms with Crippen LogP contribution in [0.2, 0.25) is 10.0 Å². The standard InChI is InChI=1S/C19H26Cl2N2O3S2/c20-17-4-3-15(11-18(17)21)12-23(9-8-22-6-1-2-7-22)19(24)13-27-16-5-10-28(25,26)14-16/h3-4,11,16H,1-2,5-10,12-14H2. The zero-order valence-corrected chi connectivity index (χ0v) is 18.9. The summed E-state index contributed by atoms with van der Waals surface area (Å²) in [6.07, 6.45) is 3.07. The van der Waals surface area contributed by atoms with E-state index in [-0.39, 0.29) is 22.7 Å². The van der Waals surface area contributed by atoms with Gasteiger partial charge in [0.2, 0.25) is 5.91 Å². The van der Waals surface area contributed by atoms with Gasteiger partial charge in [0, 0.05) is 24.9 Å². The number of likely N-dealkylation sites (tertiary alicyclic amines) is 1. The quantitative estimate of drug-likeness (QED) is 0.590. The number of carbonyl (C=O) groups is 1. The van der Waals surface area contributed by atoms with E-state index in [0.717, 1.165) is 25.2 Å². The van der Waals surface area contributed by atoms with Crippen molar-refractivity contribution in [3.8, 4) is 0 Å². The van der Waals surface area contributed by atoms with Crippen molar-refractivity contribution in [2.24, 2.45) is 0 Å². The Balaban J connectivity index is 1.60. The highest BCUT2D eigenvalue weighted by Gasteiger charge is 2.29. The third-order valence-corrected chi connectivity index (χ3v) is 9.23. The highest BCUT2D eigenvalue weighted by molar-refractivity contribution is 8.02. The van der Waals surface area contributed by atoms with E-state index in [1.807, 2.05) is 11.0 Å². The van der Waals surface area contributed by atoms with E-state index >= 15 is 0 Å². The Hall–Kier alpha value is -0.470. The normalized spacial score (nSPS) is 21.9. The lowest BCUT2D eigenvalue weighted by molar-refractivity contribution is -0.129. The van der Waals surface area contributed by atoms with E-state index in [4.69, 9.17) is 23.2 Å². The van der Waals surface area contributed by atoms with Crippen LogP contribution in [0.4, 0.5) is 0 Å². The maximum atomic E-state index is 12.9. The van der Waals surface area contributed by atoms with Crippen molar-refractivity contribution < 1.29 is 13.2 Å². The van der Waals surface area contributed by atoms with Gasteiger partial charge >= 0.3 is 0 Å². The predicted octanol–water partition coefficient (Wildman–Crippen LogP) is 3.34. The summed E-state index contributed by atoms with van der Waals surface area (Å²) in [5.74, 6) is 0.771. The van der Waals surface area contributed by atoms with Gasteiger partial charge in [-0.05, 0) is 50.0 Å². The fraction of sp³-hybridized carbons (Fsp3) is 0.632. The SMILES string of the molecule is O=C(CSC1CCS(=O)(=O)C1)N(CCN1CCCC1)Cc1ccc(Cl)c(Cl)c1. The molecular formula is C19H26Cl2N2O3S2. The molecule has 9 heteroatoms. The molecule has 156 valence electrons. The molecule has 1 aromatic carbocycles. The van der Waals surface area contributed by atoms with Gasteiger partial charge in [0.15, 0.2) is 9.84 Å². The molecule has 0 saturated carbocycles. The summed E-state index contributed by atoms with van der Waals surface area (Å²) in [7, 11) is -2.92. The highest BCUT2D eigenvalue weighted by Crippen LogP contribution is 2.26. The molecule has 2 heterocycles. The smallest absolute Gasteiger partial charge is 0.232 e. The summed E-state index contributed by atoms with van der Waals surface area (Å²) in [5, 5.41) is 1.01. The molecule has 1 atom stereocenters. The van der Waals surface area contributed by atoms with Gasteiger partial charge in [-0.3, -0.25) is 4.79 Å². The number of halogens is 2. The molecule has 1 aromatic rings. The Morgan fingerprint density at radius 3 is 2.61 bits per heavy atom. The van der Waals surface area contributed by atoms with Crippen molar-refractivity contribution in [3.63, 3.8) is 0 Å². The number of nitrogens with zero attached hydrogens (tertiary/aromatic N) is 2. The topological polar surface area (TPSA) is 57.7 Å². The average molecular weight is 465 g/mol. The van der Waals surface area contributed by atoms with Crippen molar-refractivity contribution in [1.29, 1.82) is 0 Å². The van der Waals surface area contributed by atoms with E-state index in [1.54, 1.807) is 12.1 Å². The summed E-state index contributed by atoms with van der Waals surface area (Å²) in [6, 6.07) is 5.44. The first-order valence-corrected chi connectivity index (χ1v) is 13.2. The fourth-order valence-corrected chi connectivity index (χ4v) is 7.46. The van der Waals surface area contributed by atoms with Gasteiger partial charge in [0.1, 0.15) is 0 Å². The van der Waals surface area contributed by atoms with Crippen molar-refractivity contribution in [2.45, 2.75) is 31.1 Å². The Labute approximate surface area is 181 Å². The minimum absolute atomic E-state index is 0.0272. The summed E-state index contributed by atoms with van der Waals surface area (Å²) in [5.41, 5.74) is 0.942. The highest BCUT2D eigenvalue weighted by atomic mass is 35.5. The first-order chi connectivity index (χ1) is 13.3. The third kappa shape index (κ3) is 6.52. The van der Waals surface area contributed by atoms with Crippen molar-refractivity contribution >= 4 is 50.7 Å². The van der Waals surface area contributed by atoms with E-state index in [9.17, 15) is 13.2 Å². The summed E-state index contributed by atoms with van der Waals surface area (Å²) >= 11 is 13.6. The molecule has 2 saturated heterocycles. The van der Waals surface area contributed by atoms with Crippen LogP contribution in [0.5, 0.6) is 0 Å². The van der Waals surface area contributed by atoms with E-state index in [0.29, 0.717) is 35.3 Å². The second-order valence-corrected chi connectivity index (χ2v) is 11.8. The zero-order chi connectivity index (χ0) is 20.1. The van der Waals surface area contributed by atoms with Gasteiger partial charge in [0.05, 0.1) is 27.3 Å². The zero-order valence-electron chi connectivity index (χ0n) is 15.8. The molecular weight excluding hydrogens is 439 g/mol. The van der Waals surface area contributed by atoms with Gasteiger partial charge in [-0.25, -0.2) is 8.42 Å². The molecule has 2 aliphatic rings. The fourth-order valence-electron chi connectivity index (χ4n) is 3.59. The summed E-state index contributed by atoms with van der Waals surface area (Å²) in [4.78, 5) is 17.1. The number of sulfone groups is 1. The van der Waals surface area contributed by atoms with E-state index in [2.05, 4.69) is 4.90 Å². The monoisotopic (exact) mass is 464 g/mol. The molecule has 0 spiro atoms. The van der Waals surface area contributed by atoms with E-state index in [1.165, 1.54) is 24.6 Å². The Morgan fingerprint density at radius 1 is 1.21 bits per heavy atom. The number of thioether (sulfide) groups is 1. The van der Waals surface area contributed by atoms with Crippen molar-refractivity contribution in [2.75, 3.05) is 43.4 Å². The van der Waals surface area contributed by atoms with Gasteiger partial charge in [-0.1, -0.05) is 29.3 Å². The maximum Gasteiger partial charge on any atom is 0.232 e.